The highest BCUT2D eigenvalue weighted by atomic mass is 35.5. The summed E-state index contributed by atoms with van der Waals surface area (Å²) in [6.07, 6.45) is 1.07. The van der Waals surface area contributed by atoms with Crippen molar-refractivity contribution in [2.24, 2.45) is 0 Å². The zero-order chi connectivity index (χ0) is 14.8. The Morgan fingerprint density at radius 1 is 0.762 bits per heavy atom. The van der Waals surface area contributed by atoms with Gasteiger partial charge in [-0.1, -0.05) is 46.9 Å². The number of hydrogen-bond acceptors (Lipinski definition) is 1. The number of piperidine rings is 1. The van der Waals surface area contributed by atoms with Crippen LogP contribution in [-0.4, -0.2) is 13.1 Å². The van der Waals surface area contributed by atoms with Gasteiger partial charge in [-0.2, -0.15) is 0 Å². The van der Waals surface area contributed by atoms with Crippen LogP contribution in [0.2, 0.25) is 15.1 Å². The van der Waals surface area contributed by atoms with Gasteiger partial charge in [0.2, 0.25) is 0 Å². The Morgan fingerprint density at radius 2 is 1.43 bits per heavy atom. The van der Waals surface area contributed by atoms with Gasteiger partial charge in [0.15, 0.2) is 0 Å². The molecule has 1 aliphatic heterocycles. The van der Waals surface area contributed by atoms with Gasteiger partial charge < -0.3 is 5.32 Å². The molecule has 1 heterocycles. The molecule has 110 valence electrons. The van der Waals surface area contributed by atoms with Crippen molar-refractivity contribution >= 4 is 34.8 Å². The van der Waals surface area contributed by atoms with E-state index in [-0.39, 0.29) is 0 Å². The highest BCUT2D eigenvalue weighted by Gasteiger charge is 2.28. The molecule has 0 radical (unpaired) electrons. The summed E-state index contributed by atoms with van der Waals surface area (Å²) < 4.78 is 0. The standard InChI is InChI=1S/C17H16Cl3N/c18-13-3-1-11(2-4-13)17-10-21-6-5-16(17)12-7-14(19)9-15(20)8-12/h1-4,7-9,16-17,21H,5-6,10H2. The Balaban J connectivity index is 1.95. The van der Waals surface area contributed by atoms with Crippen molar-refractivity contribution in [1.29, 1.82) is 0 Å². The summed E-state index contributed by atoms with van der Waals surface area (Å²) in [5.41, 5.74) is 2.52. The largest absolute Gasteiger partial charge is 0.316 e. The van der Waals surface area contributed by atoms with E-state index in [1.54, 1.807) is 6.07 Å². The van der Waals surface area contributed by atoms with Gasteiger partial charge in [0.25, 0.3) is 0 Å². The topological polar surface area (TPSA) is 12.0 Å². The van der Waals surface area contributed by atoms with E-state index in [9.17, 15) is 0 Å². The Bertz CT molecular complexity index is 604. The molecule has 2 unspecified atom stereocenters. The maximum Gasteiger partial charge on any atom is 0.0423 e. The predicted octanol–water partition coefficient (Wildman–Crippen LogP) is 5.51. The van der Waals surface area contributed by atoms with Crippen molar-refractivity contribution in [3.63, 3.8) is 0 Å². The fourth-order valence-corrected chi connectivity index (χ4v) is 3.78. The lowest BCUT2D eigenvalue weighted by Gasteiger charge is -2.33. The molecule has 4 heteroatoms. The number of halogens is 3. The van der Waals surface area contributed by atoms with E-state index in [1.165, 1.54) is 11.1 Å². The first-order valence-corrected chi connectivity index (χ1v) is 8.19. The zero-order valence-corrected chi connectivity index (χ0v) is 13.7. The average molecular weight is 341 g/mol. The lowest BCUT2D eigenvalue weighted by Crippen LogP contribution is -2.34. The van der Waals surface area contributed by atoms with E-state index in [1.807, 2.05) is 24.3 Å². The summed E-state index contributed by atoms with van der Waals surface area (Å²) in [6, 6.07) is 14.0. The molecule has 1 nitrogen and oxygen atoms in total. The second-order valence-corrected chi connectivity index (χ2v) is 6.77. The Morgan fingerprint density at radius 3 is 2.10 bits per heavy atom. The van der Waals surface area contributed by atoms with E-state index in [0.717, 1.165) is 24.5 Å². The summed E-state index contributed by atoms with van der Waals surface area (Å²) in [4.78, 5) is 0. The van der Waals surface area contributed by atoms with Gasteiger partial charge in [0, 0.05) is 27.5 Å². The van der Waals surface area contributed by atoms with Crippen LogP contribution < -0.4 is 5.32 Å². The van der Waals surface area contributed by atoms with E-state index in [0.29, 0.717) is 21.9 Å². The Kier molecular flexibility index (Phi) is 4.75. The second kappa shape index (κ2) is 6.58. The fourth-order valence-electron chi connectivity index (χ4n) is 3.11. The third-order valence-corrected chi connectivity index (χ3v) is 4.78. The van der Waals surface area contributed by atoms with Crippen LogP contribution in [0.3, 0.4) is 0 Å². The maximum atomic E-state index is 6.17. The van der Waals surface area contributed by atoms with Gasteiger partial charge in [0.1, 0.15) is 0 Å². The molecular formula is C17H16Cl3N. The third kappa shape index (κ3) is 3.54. The molecule has 0 amide bonds. The number of benzene rings is 2. The van der Waals surface area contributed by atoms with Crippen LogP contribution in [-0.2, 0) is 0 Å². The van der Waals surface area contributed by atoms with E-state index in [4.69, 9.17) is 34.8 Å². The lowest BCUT2D eigenvalue weighted by atomic mass is 9.77. The van der Waals surface area contributed by atoms with Crippen molar-refractivity contribution in [2.45, 2.75) is 18.3 Å². The predicted molar refractivity (Wildman–Crippen MR) is 90.9 cm³/mol. The first-order valence-electron chi connectivity index (χ1n) is 7.05. The van der Waals surface area contributed by atoms with Crippen LogP contribution >= 0.6 is 34.8 Å². The molecule has 0 aromatic heterocycles. The first-order chi connectivity index (χ1) is 10.1. The fraction of sp³-hybridized carbons (Fsp3) is 0.294. The van der Waals surface area contributed by atoms with Gasteiger partial charge in [-0.25, -0.2) is 0 Å². The highest BCUT2D eigenvalue weighted by Crippen LogP contribution is 2.39. The van der Waals surface area contributed by atoms with Crippen LogP contribution in [0.25, 0.3) is 0 Å². The van der Waals surface area contributed by atoms with Crippen LogP contribution in [0.15, 0.2) is 42.5 Å². The molecule has 1 fully saturated rings. The van der Waals surface area contributed by atoms with Gasteiger partial charge in [0.05, 0.1) is 0 Å². The molecule has 0 spiro atoms. The van der Waals surface area contributed by atoms with Crippen molar-refractivity contribution in [3.8, 4) is 0 Å². The van der Waals surface area contributed by atoms with Crippen LogP contribution in [0, 0.1) is 0 Å². The van der Waals surface area contributed by atoms with Crippen molar-refractivity contribution < 1.29 is 0 Å². The molecular weight excluding hydrogens is 325 g/mol. The van der Waals surface area contributed by atoms with Crippen molar-refractivity contribution in [3.05, 3.63) is 68.7 Å². The van der Waals surface area contributed by atoms with Crippen molar-refractivity contribution in [1.82, 2.24) is 5.32 Å². The van der Waals surface area contributed by atoms with Gasteiger partial charge in [-0.3, -0.25) is 0 Å². The third-order valence-electron chi connectivity index (χ3n) is 4.09. The maximum absolute atomic E-state index is 6.17. The summed E-state index contributed by atoms with van der Waals surface area (Å²) >= 11 is 18.3. The molecule has 0 saturated carbocycles. The molecule has 1 saturated heterocycles. The molecule has 1 aliphatic rings. The van der Waals surface area contributed by atoms with Gasteiger partial charge in [-0.05, 0) is 60.3 Å². The van der Waals surface area contributed by atoms with Crippen molar-refractivity contribution in [2.75, 3.05) is 13.1 Å². The van der Waals surface area contributed by atoms with Crippen LogP contribution in [0.1, 0.15) is 29.4 Å². The quantitative estimate of drug-likeness (QED) is 0.760. The Labute approximate surface area is 140 Å². The second-order valence-electron chi connectivity index (χ2n) is 5.46. The van der Waals surface area contributed by atoms with E-state index < -0.39 is 0 Å². The van der Waals surface area contributed by atoms with Crippen LogP contribution in [0.4, 0.5) is 0 Å². The molecule has 2 atom stereocenters. The summed E-state index contributed by atoms with van der Waals surface area (Å²) in [6.45, 7) is 1.97. The molecule has 0 bridgehead atoms. The normalized spacial score (nSPS) is 22.2. The SMILES string of the molecule is Clc1ccc(C2CNCCC2c2cc(Cl)cc(Cl)c2)cc1. The molecule has 1 N–H and O–H groups in total. The highest BCUT2D eigenvalue weighted by molar-refractivity contribution is 6.34. The molecule has 21 heavy (non-hydrogen) atoms. The minimum Gasteiger partial charge on any atom is -0.316 e. The van der Waals surface area contributed by atoms with Gasteiger partial charge >= 0.3 is 0 Å². The van der Waals surface area contributed by atoms with Crippen LogP contribution in [0.5, 0.6) is 0 Å². The zero-order valence-electron chi connectivity index (χ0n) is 11.5. The summed E-state index contributed by atoms with van der Waals surface area (Å²) in [7, 11) is 0. The van der Waals surface area contributed by atoms with E-state index >= 15 is 0 Å². The average Bonchev–Trinajstić information content (AvgIpc) is 2.47. The summed E-state index contributed by atoms with van der Waals surface area (Å²) in [5.74, 6) is 0.828. The molecule has 0 aliphatic carbocycles. The van der Waals surface area contributed by atoms with Gasteiger partial charge in [-0.15, -0.1) is 0 Å². The minimum atomic E-state index is 0.408. The minimum absolute atomic E-state index is 0.408. The summed E-state index contributed by atoms with van der Waals surface area (Å²) in [5, 5.41) is 5.65. The van der Waals surface area contributed by atoms with E-state index in [2.05, 4.69) is 17.4 Å². The smallest absolute Gasteiger partial charge is 0.0423 e. The Hall–Kier alpha value is -0.730. The number of hydrogen-bond donors (Lipinski definition) is 1. The number of rotatable bonds is 2. The molecule has 2 aromatic rings. The molecule has 3 rings (SSSR count). The first kappa shape index (κ1) is 15.2. The lowest BCUT2D eigenvalue weighted by molar-refractivity contribution is 0.404. The number of nitrogens with one attached hydrogen (secondary N) is 1. The monoisotopic (exact) mass is 339 g/mol. The molecule has 2 aromatic carbocycles.